The highest BCUT2D eigenvalue weighted by Crippen LogP contribution is 2.38. The van der Waals surface area contributed by atoms with Crippen molar-refractivity contribution in [1.29, 1.82) is 0 Å². The smallest absolute Gasteiger partial charge is 0.338 e. The molecule has 0 saturated heterocycles. The molecule has 10 heteroatoms. The van der Waals surface area contributed by atoms with Crippen LogP contribution >= 0.6 is 11.3 Å². The predicted octanol–water partition coefficient (Wildman–Crippen LogP) is 6.90. The highest BCUT2D eigenvalue weighted by Gasteiger charge is 2.22. The molecule has 1 aliphatic carbocycles. The van der Waals surface area contributed by atoms with Crippen LogP contribution in [0.5, 0.6) is 5.75 Å². The molecule has 7 nitrogen and oxygen atoms in total. The third-order valence-corrected chi connectivity index (χ3v) is 9.51. The highest BCUT2D eigenvalue weighted by molar-refractivity contribution is 7.92. The van der Waals surface area contributed by atoms with Crippen molar-refractivity contribution in [3.63, 3.8) is 0 Å². The monoisotopic (exact) mass is 554 g/mol. The van der Waals surface area contributed by atoms with Gasteiger partial charge in [0.2, 0.25) is 0 Å². The summed E-state index contributed by atoms with van der Waals surface area (Å²) in [5, 5.41) is 9.91. The van der Waals surface area contributed by atoms with Crippen LogP contribution in [0.4, 0.5) is 10.1 Å². The number of nitrogens with one attached hydrogen (secondary N) is 1. The Kier molecular flexibility index (Phi) is 7.11. The zero-order chi connectivity index (χ0) is 27.0. The molecule has 1 heterocycles. The lowest BCUT2D eigenvalue weighted by Gasteiger charge is -2.26. The fourth-order valence-electron chi connectivity index (χ4n) is 4.86. The summed E-state index contributed by atoms with van der Waals surface area (Å²) < 4.78 is 48.5. The van der Waals surface area contributed by atoms with E-state index >= 15 is 0 Å². The number of carboxylic acid groups (broad SMARTS) is 1. The third kappa shape index (κ3) is 5.23. The van der Waals surface area contributed by atoms with Crippen LogP contribution in [0.15, 0.2) is 59.5 Å². The van der Waals surface area contributed by atoms with Crippen molar-refractivity contribution in [2.45, 2.75) is 43.4 Å². The number of methoxy groups -OCH3 is 1. The third-order valence-electron chi connectivity index (χ3n) is 7.08. The Balaban J connectivity index is 1.39. The van der Waals surface area contributed by atoms with Gasteiger partial charge < -0.3 is 9.84 Å². The average molecular weight is 555 g/mol. The normalized spacial score (nSPS) is 17.9. The summed E-state index contributed by atoms with van der Waals surface area (Å²) in [6, 6.07) is 14.8. The minimum Gasteiger partial charge on any atom is -0.495 e. The second kappa shape index (κ2) is 10.3. The first-order valence-corrected chi connectivity index (χ1v) is 14.6. The van der Waals surface area contributed by atoms with E-state index in [0.29, 0.717) is 16.1 Å². The lowest BCUT2D eigenvalue weighted by atomic mass is 9.79. The predicted molar refractivity (Wildman–Crippen MR) is 146 cm³/mol. The van der Waals surface area contributed by atoms with Crippen LogP contribution < -0.4 is 9.46 Å². The molecule has 4 aromatic rings. The molecule has 5 rings (SSSR count). The quantitative estimate of drug-likeness (QED) is 0.257. The van der Waals surface area contributed by atoms with Gasteiger partial charge in [0, 0.05) is 11.6 Å². The van der Waals surface area contributed by atoms with Gasteiger partial charge in [-0.25, -0.2) is 22.6 Å². The molecule has 1 saturated carbocycles. The van der Waals surface area contributed by atoms with E-state index in [1.54, 1.807) is 6.07 Å². The van der Waals surface area contributed by atoms with Crippen molar-refractivity contribution in [3.05, 3.63) is 71.5 Å². The van der Waals surface area contributed by atoms with E-state index in [1.807, 2.05) is 0 Å². The molecule has 0 amide bonds. The lowest BCUT2D eigenvalue weighted by molar-refractivity contribution is 0.0691. The van der Waals surface area contributed by atoms with Gasteiger partial charge in [0.15, 0.2) is 0 Å². The number of sulfonamides is 1. The molecule has 0 atom stereocenters. The maximum absolute atomic E-state index is 14.2. The maximum atomic E-state index is 14.2. The van der Waals surface area contributed by atoms with Gasteiger partial charge in [0.25, 0.3) is 10.0 Å². The number of anilines is 1. The number of rotatable bonds is 7. The number of aromatic carboxylic acids is 1. The van der Waals surface area contributed by atoms with Gasteiger partial charge in [-0.15, -0.1) is 11.3 Å². The number of hydrogen-bond acceptors (Lipinski definition) is 6. The average Bonchev–Trinajstić information content (AvgIpc) is 3.33. The number of thiazole rings is 1. The lowest BCUT2D eigenvalue weighted by Crippen LogP contribution is -2.14. The standard InChI is InChI=1S/C28H27FN2O5S2/c1-16-3-5-17(6-4-16)18-7-9-19(10-8-18)27-30-23-12-11-20(13-26(23)37-27)38(34,35)31-24-15-22(29)21(28(32)33)14-25(24)36-2/h7-17,31H,3-6H2,1-2H3,(H,32,33). The summed E-state index contributed by atoms with van der Waals surface area (Å²) >= 11 is 1.39. The number of benzene rings is 3. The molecule has 2 N–H and O–H groups in total. The van der Waals surface area contributed by atoms with Crippen molar-refractivity contribution in [2.75, 3.05) is 11.8 Å². The van der Waals surface area contributed by atoms with E-state index in [1.165, 1.54) is 61.8 Å². The van der Waals surface area contributed by atoms with Gasteiger partial charge in [-0.2, -0.15) is 0 Å². The van der Waals surface area contributed by atoms with E-state index < -0.39 is 27.4 Å². The molecule has 0 radical (unpaired) electrons. The summed E-state index contributed by atoms with van der Waals surface area (Å²) in [7, 11) is -2.89. The number of halogens is 1. The number of hydrogen-bond donors (Lipinski definition) is 2. The zero-order valence-electron chi connectivity index (χ0n) is 20.9. The molecule has 0 aliphatic heterocycles. The molecular formula is C28H27FN2O5S2. The van der Waals surface area contributed by atoms with Crippen molar-refractivity contribution in [2.24, 2.45) is 5.92 Å². The van der Waals surface area contributed by atoms with Gasteiger partial charge >= 0.3 is 5.97 Å². The Bertz CT molecular complexity index is 1610. The Hall–Kier alpha value is -3.50. The summed E-state index contributed by atoms with van der Waals surface area (Å²) in [4.78, 5) is 15.8. The molecule has 1 aliphatic rings. The molecule has 38 heavy (non-hydrogen) atoms. The van der Waals surface area contributed by atoms with Crippen molar-refractivity contribution < 1.29 is 27.4 Å². The van der Waals surface area contributed by atoms with Gasteiger partial charge in [-0.05, 0) is 54.5 Å². The fraction of sp³-hybridized carbons (Fsp3) is 0.286. The number of carboxylic acids is 1. The maximum Gasteiger partial charge on any atom is 0.338 e. The van der Waals surface area contributed by atoms with Gasteiger partial charge in [-0.3, -0.25) is 4.72 Å². The van der Waals surface area contributed by atoms with E-state index in [0.717, 1.165) is 28.6 Å². The summed E-state index contributed by atoms with van der Waals surface area (Å²) in [6.07, 6.45) is 4.96. The van der Waals surface area contributed by atoms with Crippen molar-refractivity contribution in [1.82, 2.24) is 4.98 Å². The van der Waals surface area contributed by atoms with E-state index in [9.17, 15) is 17.6 Å². The molecule has 198 valence electrons. The summed E-state index contributed by atoms with van der Waals surface area (Å²) in [5.41, 5.74) is 2.17. The number of carbonyl (C=O) groups is 1. The van der Waals surface area contributed by atoms with E-state index in [2.05, 4.69) is 40.9 Å². The number of ether oxygens (including phenoxy) is 1. The first-order chi connectivity index (χ1) is 18.1. The minimum atomic E-state index is -4.13. The Morgan fingerprint density at radius 2 is 1.79 bits per heavy atom. The van der Waals surface area contributed by atoms with Crippen molar-refractivity contribution >= 4 is 43.2 Å². The fourth-order valence-corrected chi connectivity index (χ4v) is 7.03. The Labute approximate surface area is 224 Å². The molecular weight excluding hydrogens is 527 g/mol. The molecule has 1 aromatic heterocycles. The van der Waals surface area contributed by atoms with Crippen LogP contribution in [0.25, 0.3) is 20.8 Å². The molecule has 1 fully saturated rings. The summed E-state index contributed by atoms with van der Waals surface area (Å²) in [5.74, 6) is -1.27. The van der Waals surface area contributed by atoms with Crippen LogP contribution in [0, 0.1) is 11.7 Å². The first kappa shape index (κ1) is 26.1. The van der Waals surface area contributed by atoms with Crippen LogP contribution in [-0.2, 0) is 10.0 Å². The molecule has 0 spiro atoms. The highest BCUT2D eigenvalue weighted by atomic mass is 32.2. The van der Waals surface area contributed by atoms with Crippen LogP contribution in [-0.4, -0.2) is 31.6 Å². The molecule has 0 bridgehead atoms. The minimum absolute atomic E-state index is 0.0353. The van der Waals surface area contributed by atoms with Crippen LogP contribution in [0.2, 0.25) is 0 Å². The Morgan fingerprint density at radius 1 is 1.08 bits per heavy atom. The largest absolute Gasteiger partial charge is 0.495 e. The first-order valence-electron chi connectivity index (χ1n) is 12.3. The van der Waals surface area contributed by atoms with Gasteiger partial charge in [0.05, 0.1) is 33.5 Å². The van der Waals surface area contributed by atoms with E-state index in [4.69, 9.17) is 9.84 Å². The molecule has 0 unspecified atom stereocenters. The van der Waals surface area contributed by atoms with Crippen molar-refractivity contribution in [3.8, 4) is 16.3 Å². The second-order valence-corrected chi connectivity index (χ2v) is 12.4. The SMILES string of the molecule is COc1cc(C(=O)O)c(F)cc1NS(=O)(=O)c1ccc2nc(-c3ccc(C4CCC(C)CC4)cc3)sc2c1. The topological polar surface area (TPSA) is 106 Å². The number of fused-ring (bicyclic) bond motifs is 1. The van der Waals surface area contributed by atoms with Crippen LogP contribution in [0.1, 0.15) is 54.4 Å². The van der Waals surface area contributed by atoms with Crippen LogP contribution in [0.3, 0.4) is 0 Å². The molecule has 3 aromatic carbocycles. The van der Waals surface area contributed by atoms with Gasteiger partial charge in [-0.1, -0.05) is 44.0 Å². The second-order valence-electron chi connectivity index (χ2n) is 9.67. The van der Waals surface area contributed by atoms with Gasteiger partial charge in [0.1, 0.15) is 16.6 Å². The number of nitrogens with zero attached hydrogens (tertiary/aromatic N) is 1. The zero-order valence-corrected chi connectivity index (χ0v) is 22.5. The number of aromatic nitrogens is 1. The Morgan fingerprint density at radius 3 is 2.45 bits per heavy atom. The summed E-state index contributed by atoms with van der Waals surface area (Å²) in [6.45, 7) is 2.31. The van der Waals surface area contributed by atoms with E-state index in [-0.39, 0.29) is 16.3 Å².